The van der Waals surface area contributed by atoms with Crippen molar-refractivity contribution in [3.05, 3.63) is 59.6 Å². The molecule has 4 aliphatic rings. The summed E-state index contributed by atoms with van der Waals surface area (Å²) in [4.78, 5) is 33.5. The summed E-state index contributed by atoms with van der Waals surface area (Å²) < 4.78 is 72.3. The Morgan fingerprint density at radius 3 is 2.73 bits per heavy atom. The summed E-state index contributed by atoms with van der Waals surface area (Å²) in [5.74, 6) is 0.213. The molecule has 1 aromatic carbocycles. The second-order valence-corrected chi connectivity index (χ2v) is 15.3. The van der Waals surface area contributed by atoms with Crippen LogP contribution in [0.15, 0.2) is 42.5 Å². The lowest BCUT2D eigenvalue weighted by molar-refractivity contribution is -0.244. The normalized spacial score (nSPS) is 29.9. The van der Waals surface area contributed by atoms with Crippen LogP contribution in [0.5, 0.6) is 5.75 Å². The quantitative estimate of drug-likeness (QED) is 0.256. The second kappa shape index (κ2) is 14.0. The Labute approximate surface area is 296 Å². The van der Waals surface area contributed by atoms with Crippen molar-refractivity contribution in [2.45, 2.75) is 120 Å². The third kappa shape index (κ3) is 7.74. The number of benzene rings is 1. The number of nitrogens with zero attached hydrogens (tertiary/aromatic N) is 2. The number of carbonyl (C=O) groups excluding carboxylic acids is 2. The molecular formula is C38H48F4N4O5. The zero-order valence-corrected chi connectivity index (χ0v) is 29.8. The van der Waals surface area contributed by atoms with Gasteiger partial charge in [0.25, 0.3) is 0 Å². The van der Waals surface area contributed by atoms with Crippen LogP contribution >= 0.6 is 0 Å². The average molecular weight is 717 g/mol. The van der Waals surface area contributed by atoms with Gasteiger partial charge in [-0.1, -0.05) is 37.1 Å². The Kier molecular flexibility index (Phi) is 10.2. The van der Waals surface area contributed by atoms with Crippen LogP contribution in [0.2, 0.25) is 0 Å². The van der Waals surface area contributed by atoms with E-state index in [0.29, 0.717) is 54.6 Å². The highest BCUT2D eigenvalue weighted by Gasteiger charge is 2.57. The number of alkyl carbamates (subject to hydrolysis) is 1. The standard InChI is InChI=1S/C38H48F4N4O5/c1-23(2)37-18-25(37)11-9-7-6-8-10-12-27(44-34(48)51-35(4,5)38(40,41)42)20-49-22-46-21-36(19-31(46)33(47)45-37)16-15-28-29-17-26(39)13-14-30(29)43-24(3)32(28)50-36/h9,11,13-14,17,25,27,31H,1,6-8,10,12,15-16,18-22H2,2-5H3,(H,44,48)(H,45,47)/b11-9-/t25-,27+,31?,36-,37+/m1/s1. The Hall–Kier alpha value is -3.71. The minimum atomic E-state index is -4.74. The van der Waals surface area contributed by atoms with Crippen molar-refractivity contribution in [1.82, 2.24) is 20.5 Å². The fourth-order valence-electron chi connectivity index (χ4n) is 7.75. The molecule has 5 atom stereocenters. The summed E-state index contributed by atoms with van der Waals surface area (Å²) in [6.07, 6.45) is 4.47. The van der Waals surface area contributed by atoms with Gasteiger partial charge in [0.05, 0.1) is 42.2 Å². The number of allylic oxidation sites excluding steroid dienone is 1. The Morgan fingerprint density at radius 2 is 1.98 bits per heavy atom. The van der Waals surface area contributed by atoms with E-state index in [1.165, 1.54) is 12.1 Å². The molecule has 1 aromatic heterocycles. The van der Waals surface area contributed by atoms with Gasteiger partial charge in [0.1, 0.15) is 17.2 Å². The fraction of sp³-hybridized carbons (Fsp3) is 0.605. The first-order valence-electron chi connectivity index (χ1n) is 17.8. The summed E-state index contributed by atoms with van der Waals surface area (Å²) in [5.41, 5.74) is -0.800. The van der Waals surface area contributed by atoms with Crippen molar-refractivity contribution >= 4 is 22.9 Å². The number of nitrogens with one attached hydrogen (secondary N) is 2. The molecule has 1 saturated heterocycles. The van der Waals surface area contributed by atoms with Crippen LogP contribution in [0.25, 0.3) is 10.9 Å². The van der Waals surface area contributed by atoms with E-state index in [0.717, 1.165) is 57.1 Å². The van der Waals surface area contributed by atoms with E-state index in [1.807, 2.05) is 18.7 Å². The fourth-order valence-corrected chi connectivity index (χ4v) is 7.75. The van der Waals surface area contributed by atoms with Crippen LogP contribution in [-0.4, -0.2) is 76.8 Å². The van der Waals surface area contributed by atoms with Gasteiger partial charge in [0.15, 0.2) is 0 Å². The molecule has 0 bridgehead atoms. The van der Waals surface area contributed by atoms with Crippen LogP contribution < -0.4 is 15.4 Å². The van der Waals surface area contributed by atoms with Crippen LogP contribution in [0, 0.1) is 18.7 Å². The molecule has 4 heterocycles. The number of ether oxygens (including phenoxy) is 3. The molecule has 13 heteroatoms. The summed E-state index contributed by atoms with van der Waals surface area (Å²) in [7, 11) is 0. The maximum absolute atomic E-state index is 14.3. The topological polar surface area (TPSA) is 102 Å². The van der Waals surface area contributed by atoms with Crippen LogP contribution in [0.4, 0.5) is 22.4 Å². The summed E-state index contributed by atoms with van der Waals surface area (Å²) in [5, 5.41) is 6.61. The van der Waals surface area contributed by atoms with Gasteiger partial charge in [0.2, 0.25) is 11.5 Å². The number of aryl methyl sites for hydroxylation is 2. The number of rotatable bonds is 3. The number of alkyl halides is 3. The van der Waals surface area contributed by atoms with E-state index in [4.69, 9.17) is 14.2 Å². The van der Waals surface area contributed by atoms with Gasteiger partial charge in [-0.05, 0) is 84.4 Å². The van der Waals surface area contributed by atoms with E-state index >= 15 is 0 Å². The number of hydrogen-bond donors (Lipinski definition) is 2. The number of fused-ring (bicyclic) bond motifs is 5. The van der Waals surface area contributed by atoms with Crippen molar-refractivity contribution in [2.75, 3.05) is 19.9 Å². The van der Waals surface area contributed by atoms with Gasteiger partial charge in [-0.3, -0.25) is 9.69 Å². The molecule has 2 aromatic rings. The highest BCUT2D eigenvalue weighted by molar-refractivity contribution is 5.86. The zero-order chi connectivity index (χ0) is 36.8. The van der Waals surface area contributed by atoms with Gasteiger partial charge >= 0.3 is 12.3 Å². The Bertz CT molecular complexity index is 1710. The number of halogens is 4. The first-order valence-corrected chi connectivity index (χ1v) is 17.8. The minimum Gasteiger partial charge on any atom is -0.484 e. The van der Waals surface area contributed by atoms with Crippen LogP contribution in [0.1, 0.15) is 83.4 Å². The van der Waals surface area contributed by atoms with Gasteiger partial charge < -0.3 is 24.8 Å². The zero-order valence-electron chi connectivity index (χ0n) is 29.8. The summed E-state index contributed by atoms with van der Waals surface area (Å²) >= 11 is 0. The molecule has 1 unspecified atom stereocenters. The average Bonchev–Trinajstić information content (AvgIpc) is 3.63. The van der Waals surface area contributed by atoms with E-state index in [1.54, 1.807) is 6.07 Å². The molecule has 3 aliphatic heterocycles. The lowest BCUT2D eigenvalue weighted by atomic mass is 9.87. The Balaban J connectivity index is 1.24. The molecule has 0 radical (unpaired) electrons. The number of aromatic nitrogens is 1. The number of hydrogen-bond acceptors (Lipinski definition) is 7. The van der Waals surface area contributed by atoms with Crippen molar-refractivity contribution in [3.63, 3.8) is 0 Å². The first kappa shape index (κ1) is 37.1. The van der Waals surface area contributed by atoms with Crippen LogP contribution in [0.3, 0.4) is 0 Å². The molecule has 1 aliphatic carbocycles. The Morgan fingerprint density at radius 1 is 1.20 bits per heavy atom. The molecular weight excluding hydrogens is 668 g/mol. The molecule has 2 N–H and O–H groups in total. The number of carbonyl (C=O) groups is 2. The maximum atomic E-state index is 14.3. The maximum Gasteiger partial charge on any atom is 0.427 e. The van der Waals surface area contributed by atoms with Crippen molar-refractivity contribution in [1.29, 1.82) is 0 Å². The monoisotopic (exact) mass is 716 g/mol. The molecule has 51 heavy (non-hydrogen) atoms. The van der Waals surface area contributed by atoms with E-state index in [9.17, 15) is 27.2 Å². The third-order valence-electron chi connectivity index (χ3n) is 11.0. The first-order chi connectivity index (χ1) is 24.0. The van der Waals surface area contributed by atoms with Gasteiger partial charge in [-0.15, -0.1) is 0 Å². The molecule has 9 nitrogen and oxygen atoms in total. The lowest BCUT2D eigenvalue weighted by Gasteiger charge is -2.36. The van der Waals surface area contributed by atoms with Crippen LogP contribution in [-0.2, 0) is 20.7 Å². The SMILES string of the molecule is C=C(C)[C@@]12C[C@H]1/C=C\CCCCC[C@H](NC(=O)OC(C)(C)C(F)(F)F)COCN1C[C@@]3(CCc4c(c(C)nc5ccc(F)cc45)O3)CC1C(=O)N2. The van der Waals surface area contributed by atoms with Crippen molar-refractivity contribution in [2.24, 2.45) is 5.92 Å². The predicted octanol–water partition coefficient (Wildman–Crippen LogP) is 7.20. The van der Waals surface area contributed by atoms with E-state index in [-0.39, 0.29) is 31.0 Å². The van der Waals surface area contributed by atoms with E-state index in [2.05, 4.69) is 34.3 Å². The molecule has 1 spiro atoms. The largest absolute Gasteiger partial charge is 0.484 e. The highest BCUT2D eigenvalue weighted by Crippen LogP contribution is 2.50. The van der Waals surface area contributed by atoms with E-state index < -0.39 is 41.1 Å². The number of pyridine rings is 1. The minimum absolute atomic E-state index is 0.00133. The summed E-state index contributed by atoms with van der Waals surface area (Å²) in [6, 6.07) is 3.29. The van der Waals surface area contributed by atoms with Crippen molar-refractivity contribution < 1.29 is 41.4 Å². The molecule has 278 valence electrons. The molecule has 6 rings (SSSR count). The number of amides is 2. The lowest BCUT2D eigenvalue weighted by Crippen LogP contribution is -2.50. The second-order valence-electron chi connectivity index (χ2n) is 15.3. The molecule has 2 fully saturated rings. The summed E-state index contributed by atoms with van der Waals surface area (Å²) in [6.45, 7) is 10.00. The van der Waals surface area contributed by atoms with Gasteiger partial charge in [-0.2, -0.15) is 13.2 Å². The third-order valence-corrected chi connectivity index (χ3v) is 11.0. The van der Waals surface area contributed by atoms with Gasteiger partial charge in [-0.25, -0.2) is 14.2 Å². The van der Waals surface area contributed by atoms with Gasteiger partial charge in [0, 0.05) is 29.8 Å². The predicted molar refractivity (Wildman–Crippen MR) is 184 cm³/mol. The smallest absolute Gasteiger partial charge is 0.427 e. The molecule has 1 saturated carbocycles. The molecule has 2 amide bonds. The van der Waals surface area contributed by atoms with Crippen molar-refractivity contribution in [3.8, 4) is 5.75 Å². The highest BCUT2D eigenvalue weighted by atomic mass is 19.4.